The molecular weight excluding hydrogens is 262 g/mol. The number of hydrogen-bond acceptors (Lipinski definition) is 2. The second-order valence-corrected chi connectivity index (χ2v) is 7.46. The van der Waals surface area contributed by atoms with Crippen molar-refractivity contribution in [3.8, 4) is 0 Å². The van der Waals surface area contributed by atoms with E-state index in [9.17, 15) is 9.59 Å². The number of carbonyl (C=O) groups is 2. The van der Waals surface area contributed by atoms with Crippen molar-refractivity contribution in [2.24, 2.45) is 16.2 Å². The van der Waals surface area contributed by atoms with Gasteiger partial charge in [0.05, 0.1) is 5.41 Å². The van der Waals surface area contributed by atoms with Gasteiger partial charge in [0.15, 0.2) is 0 Å². The SMILES string of the molecule is Cc1ccc(NC(=O)[C@]23CC[C@@](C)(C(=O)C2)C3(C)C)cc1. The van der Waals surface area contributed by atoms with E-state index in [-0.39, 0.29) is 22.5 Å². The maximum atomic E-state index is 12.9. The Balaban J connectivity index is 1.91. The Bertz CT molecular complexity index is 617. The van der Waals surface area contributed by atoms with Crippen LogP contribution in [0.3, 0.4) is 0 Å². The number of ketones is 1. The van der Waals surface area contributed by atoms with Gasteiger partial charge in [0.1, 0.15) is 5.78 Å². The summed E-state index contributed by atoms with van der Waals surface area (Å²) in [5.41, 5.74) is 0.785. The first-order chi connectivity index (χ1) is 9.73. The van der Waals surface area contributed by atoms with Gasteiger partial charge in [-0.1, -0.05) is 38.5 Å². The Morgan fingerprint density at radius 2 is 1.71 bits per heavy atom. The average Bonchev–Trinajstić information content (AvgIpc) is 2.72. The fraction of sp³-hybridized carbons (Fsp3) is 0.556. The molecule has 0 saturated heterocycles. The molecule has 0 heterocycles. The van der Waals surface area contributed by atoms with Gasteiger partial charge in [-0.15, -0.1) is 0 Å². The van der Waals surface area contributed by atoms with E-state index in [1.54, 1.807) is 0 Å². The molecule has 2 saturated carbocycles. The van der Waals surface area contributed by atoms with Crippen LogP contribution in [0.2, 0.25) is 0 Å². The molecule has 0 radical (unpaired) electrons. The standard InChI is InChI=1S/C18H23NO2/c1-12-5-7-13(8-6-12)19-15(21)18-10-9-17(4,14(20)11-18)16(18,2)3/h5-8H,9-11H2,1-4H3,(H,19,21)/t17-,18-/m0/s1. The molecule has 2 bridgehead atoms. The molecule has 1 aromatic rings. The molecule has 2 fully saturated rings. The van der Waals surface area contributed by atoms with Crippen LogP contribution in [0.1, 0.15) is 45.6 Å². The van der Waals surface area contributed by atoms with Gasteiger partial charge in [0, 0.05) is 17.5 Å². The van der Waals surface area contributed by atoms with Crippen LogP contribution in [-0.4, -0.2) is 11.7 Å². The highest BCUT2D eigenvalue weighted by molar-refractivity contribution is 6.04. The number of hydrogen-bond donors (Lipinski definition) is 1. The van der Waals surface area contributed by atoms with Crippen LogP contribution < -0.4 is 5.32 Å². The predicted octanol–water partition coefficient (Wildman–Crippen LogP) is 3.72. The van der Waals surface area contributed by atoms with Gasteiger partial charge >= 0.3 is 0 Å². The fourth-order valence-electron chi connectivity index (χ4n) is 4.25. The molecule has 2 aliphatic carbocycles. The summed E-state index contributed by atoms with van der Waals surface area (Å²) in [7, 11) is 0. The molecule has 3 nitrogen and oxygen atoms in total. The minimum Gasteiger partial charge on any atom is -0.326 e. The third-order valence-electron chi connectivity index (χ3n) is 6.45. The zero-order valence-electron chi connectivity index (χ0n) is 13.2. The number of fused-ring (bicyclic) bond motifs is 2. The minimum atomic E-state index is -0.552. The Kier molecular flexibility index (Phi) is 2.85. The number of rotatable bonds is 2. The molecule has 1 N–H and O–H groups in total. The highest BCUT2D eigenvalue weighted by Gasteiger charge is 2.72. The van der Waals surface area contributed by atoms with Crippen LogP contribution >= 0.6 is 0 Å². The first-order valence-electron chi connectivity index (χ1n) is 7.64. The van der Waals surface area contributed by atoms with E-state index in [1.807, 2.05) is 38.1 Å². The Morgan fingerprint density at radius 1 is 1.10 bits per heavy atom. The van der Waals surface area contributed by atoms with Crippen LogP contribution in [0.25, 0.3) is 0 Å². The van der Waals surface area contributed by atoms with Crippen LogP contribution in [0, 0.1) is 23.2 Å². The molecule has 0 aromatic heterocycles. The van der Waals surface area contributed by atoms with Crippen molar-refractivity contribution in [1.29, 1.82) is 0 Å². The van der Waals surface area contributed by atoms with Gasteiger partial charge in [-0.2, -0.15) is 0 Å². The molecule has 2 aliphatic rings. The summed E-state index contributed by atoms with van der Waals surface area (Å²) < 4.78 is 0. The molecule has 112 valence electrons. The Morgan fingerprint density at radius 3 is 2.19 bits per heavy atom. The number of benzene rings is 1. The van der Waals surface area contributed by atoms with Crippen LogP contribution in [0.5, 0.6) is 0 Å². The summed E-state index contributed by atoms with van der Waals surface area (Å²) in [5.74, 6) is 0.253. The normalized spacial score (nSPS) is 33.2. The van der Waals surface area contributed by atoms with Crippen molar-refractivity contribution in [3.05, 3.63) is 29.8 Å². The summed E-state index contributed by atoms with van der Waals surface area (Å²) in [6.45, 7) is 8.22. The summed E-state index contributed by atoms with van der Waals surface area (Å²) in [4.78, 5) is 25.3. The topological polar surface area (TPSA) is 46.2 Å². The zero-order valence-corrected chi connectivity index (χ0v) is 13.2. The Hall–Kier alpha value is -1.64. The number of Topliss-reactive ketones (excluding diaryl/α,β-unsaturated/α-hetero) is 1. The molecule has 3 rings (SSSR count). The number of nitrogens with one attached hydrogen (secondary N) is 1. The third-order valence-corrected chi connectivity index (χ3v) is 6.45. The summed E-state index contributed by atoms with van der Waals surface area (Å²) in [5, 5.41) is 3.03. The quantitative estimate of drug-likeness (QED) is 0.900. The maximum absolute atomic E-state index is 12.9. The predicted molar refractivity (Wildman–Crippen MR) is 83.0 cm³/mol. The van der Waals surface area contributed by atoms with Gasteiger partial charge < -0.3 is 5.32 Å². The van der Waals surface area contributed by atoms with Crippen molar-refractivity contribution in [2.45, 2.75) is 47.0 Å². The Labute approximate surface area is 126 Å². The van der Waals surface area contributed by atoms with E-state index in [0.717, 1.165) is 24.1 Å². The van der Waals surface area contributed by atoms with E-state index >= 15 is 0 Å². The monoisotopic (exact) mass is 285 g/mol. The lowest BCUT2D eigenvalue weighted by atomic mass is 9.64. The molecule has 1 amide bonds. The third kappa shape index (κ3) is 1.66. The van der Waals surface area contributed by atoms with Crippen LogP contribution in [0.15, 0.2) is 24.3 Å². The lowest BCUT2D eigenvalue weighted by Crippen LogP contribution is -2.43. The number of amides is 1. The first-order valence-corrected chi connectivity index (χ1v) is 7.64. The van der Waals surface area contributed by atoms with E-state index in [1.165, 1.54) is 0 Å². The van der Waals surface area contributed by atoms with Gasteiger partial charge in [0.2, 0.25) is 5.91 Å². The molecule has 2 atom stereocenters. The van der Waals surface area contributed by atoms with E-state index in [4.69, 9.17) is 0 Å². The first kappa shape index (κ1) is 14.3. The van der Waals surface area contributed by atoms with Gasteiger partial charge in [-0.25, -0.2) is 0 Å². The van der Waals surface area contributed by atoms with Gasteiger partial charge in [-0.05, 0) is 37.3 Å². The molecule has 0 aliphatic heterocycles. The van der Waals surface area contributed by atoms with Crippen molar-refractivity contribution in [3.63, 3.8) is 0 Å². The molecule has 0 spiro atoms. The summed E-state index contributed by atoms with van der Waals surface area (Å²) in [6.07, 6.45) is 2.01. The fourth-order valence-corrected chi connectivity index (χ4v) is 4.25. The zero-order chi connectivity index (χ0) is 15.5. The number of aryl methyl sites for hydroxylation is 1. The molecule has 21 heavy (non-hydrogen) atoms. The number of anilines is 1. The van der Waals surface area contributed by atoms with Crippen molar-refractivity contribution in [1.82, 2.24) is 0 Å². The van der Waals surface area contributed by atoms with Gasteiger partial charge in [0.25, 0.3) is 0 Å². The van der Waals surface area contributed by atoms with Crippen LogP contribution in [-0.2, 0) is 9.59 Å². The molecule has 1 aromatic carbocycles. The van der Waals surface area contributed by atoms with E-state index < -0.39 is 5.41 Å². The second kappa shape index (κ2) is 4.19. The second-order valence-electron chi connectivity index (χ2n) is 7.46. The summed E-state index contributed by atoms with van der Waals surface area (Å²) in [6, 6.07) is 7.80. The van der Waals surface area contributed by atoms with E-state index in [0.29, 0.717) is 6.42 Å². The van der Waals surface area contributed by atoms with Crippen molar-refractivity contribution < 1.29 is 9.59 Å². The highest BCUT2D eigenvalue weighted by Crippen LogP contribution is 2.70. The molecule has 0 unspecified atom stereocenters. The van der Waals surface area contributed by atoms with Gasteiger partial charge in [-0.3, -0.25) is 9.59 Å². The highest BCUT2D eigenvalue weighted by atomic mass is 16.2. The smallest absolute Gasteiger partial charge is 0.231 e. The lowest BCUT2D eigenvalue weighted by molar-refractivity contribution is -0.131. The molecule has 3 heteroatoms. The van der Waals surface area contributed by atoms with E-state index in [2.05, 4.69) is 19.2 Å². The average molecular weight is 285 g/mol. The summed E-state index contributed by atoms with van der Waals surface area (Å²) >= 11 is 0. The molecular formula is C18H23NO2. The number of carbonyl (C=O) groups excluding carboxylic acids is 2. The maximum Gasteiger partial charge on any atom is 0.231 e. The van der Waals surface area contributed by atoms with Crippen molar-refractivity contribution >= 4 is 17.4 Å². The van der Waals surface area contributed by atoms with Crippen molar-refractivity contribution in [2.75, 3.05) is 5.32 Å². The lowest BCUT2D eigenvalue weighted by Gasteiger charge is -2.38. The van der Waals surface area contributed by atoms with Crippen LogP contribution in [0.4, 0.5) is 5.69 Å². The minimum absolute atomic E-state index is 0.00549. The largest absolute Gasteiger partial charge is 0.326 e.